The summed E-state index contributed by atoms with van der Waals surface area (Å²) in [7, 11) is 0. The Morgan fingerprint density at radius 3 is 2.79 bits per heavy atom. The number of fused-ring (bicyclic) bond motifs is 1. The Morgan fingerprint density at radius 1 is 1.33 bits per heavy atom. The van der Waals surface area contributed by atoms with Crippen LogP contribution in [0.4, 0.5) is 13.2 Å². The molecule has 0 radical (unpaired) electrons. The van der Waals surface area contributed by atoms with Crippen LogP contribution in [0.15, 0.2) is 24.3 Å². The van der Waals surface area contributed by atoms with E-state index < -0.39 is 24.0 Å². The third-order valence-corrected chi connectivity index (χ3v) is 4.23. The van der Waals surface area contributed by atoms with Gasteiger partial charge >= 0.3 is 6.18 Å². The van der Waals surface area contributed by atoms with Gasteiger partial charge in [-0.2, -0.15) is 28.6 Å². The van der Waals surface area contributed by atoms with Crippen molar-refractivity contribution in [3.8, 4) is 0 Å². The number of carbonyl (C=O) groups excluding carboxylic acids is 1. The molecule has 8 heteroatoms. The molecule has 0 fully saturated rings. The maximum absolute atomic E-state index is 13.4. The SMILES string of the molecule is Cc1cccc(C(NC(=O)C2CCc3n[nH]nc3C2)C(F)(F)F)c1. The van der Waals surface area contributed by atoms with Crippen LogP contribution in [0, 0.1) is 12.8 Å². The smallest absolute Gasteiger partial charge is 0.341 e. The number of rotatable bonds is 3. The topological polar surface area (TPSA) is 70.7 Å². The van der Waals surface area contributed by atoms with Gasteiger partial charge in [0.05, 0.1) is 11.4 Å². The number of carbonyl (C=O) groups is 1. The first-order chi connectivity index (χ1) is 11.3. The molecule has 5 nitrogen and oxygen atoms in total. The van der Waals surface area contributed by atoms with Crippen LogP contribution in [0.3, 0.4) is 0 Å². The lowest BCUT2D eigenvalue weighted by Gasteiger charge is -2.26. The van der Waals surface area contributed by atoms with Gasteiger partial charge in [0.2, 0.25) is 5.91 Å². The molecule has 1 amide bonds. The highest BCUT2D eigenvalue weighted by Crippen LogP contribution is 2.34. The summed E-state index contributed by atoms with van der Waals surface area (Å²) in [5, 5.41) is 12.6. The third kappa shape index (κ3) is 3.42. The molecule has 0 saturated heterocycles. The first-order valence-corrected chi connectivity index (χ1v) is 7.67. The molecule has 128 valence electrons. The minimum atomic E-state index is -4.56. The molecule has 1 aromatic heterocycles. The van der Waals surface area contributed by atoms with Crippen LogP contribution < -0.4 is 5.32 Å². The predicted molar refractivity (Wildman–Crippen MR) is 80.0 cm³/mol. The van der Waals surface area contributed by atoms with E-state index in [-0.39, 0.29) is 5.56 Å². The summed E-state index contributed by atoms with van der Waals surface area (Å²) in [4.78, 5) is 12.4. The number of aryl methyl sites for hydroxylation is 2. The minimum absolute atomic E-state index is 0.0359. The summed E-state index contributed by atoms with van der Waals surface area (Å²) < 4.78 is 40.2. The number of halogens is 3. The Bertz CT molecular complexity index is 741. The lowest BCUT2D eigenvalue weighted by molar-refractivity contribution is -0.164. The molecule has 2 unspecified atom stereocenters. The van der Waals surface area contributed by atoms with E-state index in [9.17, 15) is 18.0 Å². The lowest BCUT2D eigenvalue weighted by Crippen LogP contribution is -2.42. The highest BCUT2D eigenvalue weighted by Gasteiger charge is 2.43. The first-order valence-electron chi connectivity index (χ1n) is 7.67. The summed E-state index contributed by atoms with van der Waals surface area (Å²) in [5.74, 6) is -1.13. The van der Waals surface area contributed by atoms with Crippen molar-refractivity contribution in [3.05, 3.63) is 46.8 Å². The number of amides is 1. The van der Waals surface area contributed by atoms with E-state index in [1.807, 2.05) is 0 Å². The van der Waals surface area contributed by atoms with Gasteiger partial charge in [-0.1, -0.05) is 29.8 Å². The molecular weight excluding hydrogens is 321 g/mol. The Hall–Kier alpha value is -2.38. The van der Waals surface area contributed by atoms with E-state index >= 15 is 0 Å². The van der Waals surface area contributed by atoms with Crippen molar-refractivity contribution in [1.82, 2.24) is 20.7 Å². The summed E-state index contributed by atoms with van der Waals surface area (Å²) in [6, 6.07) is 4.07. The third-order valence-electron chi connectivity index (χ3n) is 4.23. The van der Waals surface area contributed by atoms with Crippen LogP contribution in [0.2, 0.25) is 0 Å². The van der Waals surface area contributed by atoms with Crippen molar-refractivity contribution >= 4 is 5.91 Å². The summed E-state index contributed by atoms with van der Waals surface area (Å²) in [5.41, 5.74) is 2.18. The van der Waals surface area contributed by atoms with Crippen LogP contribution in [-0.2, 0) is 17.6 Å². The molecule has 1 heterocycles. The van der Waals surface area contributed by atoms with Gasteiger partial charge in [-0.05, 0) is 25.3 Å². The summed E-state index contributed by atoms with van der Waals surface area (Å²) >= 11 is 0. The number of alkyl halides is 3. The zero-order chi connectivity index (χ0) is 17.3. The van der Waals surface area contributed by atoms with E-state index in [1.54, 1.807) is 19.1 Å². The van der Waals surface area contributed by atoms with Crippen LogP contribution in [-0.4, -0.2) is 27.5 Å². The van der Waals surface area contributed by atoms with Crippen LogP contribution in [0.5, 0.6) is 0 Å². The Balaban J connectivity index is 1.77. The molecule has 24 heavy (non-hydrogen) atoms. The standard InChI is InChI=1S/C16H17F3N4O/c1-9-3-2-4-10(7-9)14(16(17,18)19)20-15(24)11-5-6-12-13(8-11)22-23-21-12/h2-4,7,11,14H,5-6,8H2,1H3,(H,20,24)(H,21,22,23). The van der Waals surface area contributed by atoms with Crippen LogP contribution in [0.1, 0.15) is 35.0 Å². The monoisotopic (exact) mass is 338 g/mol. The van der Waals surface area contributed by atoms with Gasteiger partial charge in [0.25, 0.3) is 0 Å². The van der Waals surface area contributed by atoms with E-state index in [1.165, 1.54) is 12.1 Å². The number of hydrogen-bond acceptors (Lipinski definition) is 3. The van der Waals surface area contributed by atoms with Gasteiger partial charge in [-0.3, -0.25) is 4.79 Å². The average molecular weight is 338 g/mol. The lowest BCUT2D eigenvalue weighted by atomic mass is 9.88. The number of H-pyrrole nitrogens is 1. The summed E-state index contributed by atoms with van der Waals surface area (Å²) in [6.45, 7) is 1.71. The zero-order valence-electron chi connectivity index (χ0n) is 13.0. The Kier molecular flexibility index (Phi) is 4.29. The van der Waals surface area contributed by atoms with Gasteiger partial charge in [-0.25, -0.2) is 0 Å². The second-order valence-corrected chi connectivity index (χ2v) is 6.05. The van der Waals surface area contributed by atoms with Crippen LogP contribution in [0.25, 0.3) is 0 Å². The molecule has 0 spiro atoms. The normalized spacial score (nSPS) is 18.8. The minimum Gasteiger partial charge on any atom is -0.341 e. The highest BCUT2D eigenvalue weighted by molar-refractivity contribution is 5.79. The zero-order valence-corrected chi connectivity index (χ0v) is 13.0. The molecular formula is C16H17F3N4O. The Morgan fingerprint density at radius 2 is 2.08 bits per heavy atom. The van der Waals surface area contributed by atoms with Gasteiger partial charge in [-0.15, -0.1) is 0 Å². The van der Waals surface area contributed by atoms with Gasteiger partial charge in [0, 0.05) is 12.3 Å². The number of hydrogen-bond donors (Lipinski definition) is 2. The van der Waals surface area contributed by atoms with Crippen molar-refractivity contribution in [3.63, 3.8) is 0 Å². The second-order valence-electron chi connectivity index (χ2n) is 6.05. The molecule has 0 bridgehead atoms. The molecule has 2 aromatic rings. The van der Waals surface area contributed by atoms with Crippen LogP contribution >= 0.6 is 0 Å². The molecule has 0 aliphatic heterocycles. The van der Waals surface area contributed by atoms with Crippen molar-refractivity contribution in [2.45, 2.75) is 38.4 Å². The molecule has 1 aliphatic rings. The van der Waals surface area contributed by atoms with Crippen molar-refractivity contribution < 1.29 is 18.0 Å². The number of nitrogens with zero attached hydrogens (tertiary/aromatic N) is 2. The Labute approximate surface area is 136 Å². The quantitative estimate of drug-likeness (QED) is 0.904. The number of aromatic amines is 1. The molecule has 1 aliphatic carbocycles. The molecule has 2 N–H and O–H groups in total. The number of nitrogens with one attached hydrogen (secondary N) is 2. The van der Waals surface area contributed by atoms with Crippen molar-refractivity contribution in [2.75, 3.05) is 0 Å². The van der Waals surface area contributed by atoms with Gasteiger partial charge < -0.3 is 5.32 Å². The fourth-order valence-corrected chi connectivity index (χ4v) is 2.97. The van der Waals surface area contributed by atoms with E-state index in [0.29, 0.717) is 30.5 Å². The van der Waals surface area contributed by atoms with Gasteiger partial charge in [0.1, 0.15) is 0 Å². The average Bonchev–Trinajstić information content (AvgIpc) is 2.98. The molecule has 0 saturated carbocycles. The highest BCUT2D eigenvalue weighted by atomic mass is 19.4. The maximum atomic E-state index is 13.4. The molecule has 3 rings (SSSR count). The molecule has 2 atom stereocenters. The van der Waals surface area contributed by atoms with E-state index in [0.717, 1.165) is 5.69 Å². The van der Waals surface area contributed by atoms with E-state index in [2.05, 4.69) is 20.7 Å². The maximum Gasteiger partial charge on any atom is 0.412 e. The largest absolute Gasteiger partial charge is 0.412 e. The predicted octanol–water partition coefficient (Wildman–Crippen LogP) is 2.64. The van der Waals surface area contributed by atoms with E-state index in [4.69, 9.17) is 0 Å². The second kappa shape index (κ2) is 6.26. The van der Waals surface area contributed by atoms with Gasteiger partial charge in [0.15, 0.2) is 6.04 Å². The fourth-order valence-electron chi connectivity index (χ4n) is 2.97. The number of benzene rings is 1. The molecule has 1 aromatic carbocycles. The van der Waals surface area contributed by atoms with Crippen molar-refractivity contribution in [1.29, 1.82) is 0 Å². The number of aromatic nitrogens is 3. The first kappa shape index (κ1) is 16.5. The van der Waals surface area contributed by atoms with Crippen molar-refractivity contribution in [2.24, 2.45) is 5.92 Å². The summed E-state index contributed by atoms with van der Waals surface area (Å²) in [6.07, 6.45) is -3.26. The fraction of sp³-hybridized carbons (Fsp3) is 0.438.